The van der Waals surface area contributed by atoms with E-state index in [4.69, 9.17) is 5.26 Å². The van der Waals surface area contributed by atoms with E-state index < -0.39 is 0 Å². The van der Waals surface area contributed by atoms with Gasteiger partial charge in [0.1, 0.15) is 11.8 Å². The topological polar surface area (TPSA) is 39.9 Å². The van der Waals surface area contributed by atoms with Gasteiger partial charge in [-0.25, -0.2) is 4.98 Å². The van der Waals surface area contributed by atoms with Crippen LogP contribution in [0.1, 0.15) is 38.3 Å². The summed E-state index contributed by atoms with van der Waals surface area (Å²) in [6, 6.07) is 6.56. The van der Waals surface area contributed by atoms with Gasteiger partial charge in [0.2, 0.25) is 0 Å². The second kappa shape index (κ2) is 5.18. The normalized spacial score (nSPS) is 24.1. The van der Waals surface area contributed by atoms with Crippen molar-refractivity contribution in [2.45, 2.75) is 38.6 Å². The number of rotatable bonds is 2. The van der Waals surface area contributed by atoms with Gasteiger partial charge in [-0.05, 0) is 30.9 Å². The molecule has 0 amide bonds. The zero-order chi connectivity index (χ0) is 12.3. The summed E-state index contributed by atoms with van der Waals surface area (Å²) in [6.45, 7) is 2.33. The Morgan fingerprint density at radius 1 is 1.41 bits per heavy atom. The Hall–Kier alpha value is -1.56. The lowest BCUT2D eigenvalue weighted by molar-refractivity contribution is 0.321. The molecular weight excluding hydrogens is 210 g/mol. The van der Waals surface area contributed by atoms with Crippen LogP contribution < -0.4 is 4.90 Å². The summed E-state index contributed by atoms with van der Waals surface area (Å²) in [7, 11) is 2.13. The zero-order valence-corrected chi connectivity index (χ0v) is 10.6. The lowest BCUT2D eigenvalue weighted by atomic mass is 9.85. The fraction of sp³-hybridized carbons (Fsp3) is 0.571. The van der Waals surface area contributed by atoms with Gasteiger partial charge in [-0.15, -0.1) is 0 Å². The molecule has 0 aliphatic heterocycles. The average molecular weight is 229 g/mol. The van der Waals surface area contributed by atoms with Crippen LogP contribution in [0, 0.1) is 17.2 Å². The van der Waals surface area contributed by atoms with Gasteiger partial charge < -0.3 is 4.90 Å². The van der Waals surface area contributed by atoms with E-state index in [9.17, 15) is 0 Å². The number of nitriles is 1. The van der Waals surface area contributed by atoms with E-state index in [1.54, 1.807) is 6.20 Å². The molecule has 1 aliphatic carbocycles. The molecule has 1 fully saturated rings. The van der Waals surface area contributed by atoms with Gasteiger partial charge in [-0.1, -0.05) is 19.8 Å². The van der Waals surface area contributed by atoms with Crippen LogP contribution in [0.4, 0.5) is 5.69 Å². The Bertz CT molecular complexity index is 422. The average Bonchev–Trinajstić information content (AvgIpc) is 2.38. The van der Waals surface area contributed by atoms with E-state index in [1.165, 1.54) is 25.7 Å². The number of anilines is 1. The maximum atomic E-state index is 8.88. The van der Waals surface area contributed by atoms with Crippen LogP contribution in [0.15, 0.2) is 18.3 Å². The van der Waals surface area contributed by atoms with Crippen LogP contribution in [0.25, 0.3) is 0 Å². The predicted octanol–water partition coefficient (Wildman–Crippen LogP) is 2.97. The van der Waals surface area contributed by atoms with Crippen molar-refractivity contribution in [1.29, 1.82) is 5.26 Å². The number of hydrogen-bond acceptors (Lipinski definition) is 3. The maximum Gasteiger partial charge on any atom is 0.142 e. The highest BCUT2D eigenvalue weighted by molar-refractivity contribution is 5.49. The van der Waals surface area contributed by atoms with Crippen molar-refractivity contribution in [2.75, 3.05) is 11.9 Å². The fourth-order valence-corrected chi connectivity index (χ4v) is 2.76. The molecule has 0 saturated heterocycles. The standard InChI is InChI=1S/C14H19N3/c1-11-5-3-4-6-14(11)17(2)13-7-8-16-12(9-13)10-15/h7-9,11,14H,3-6H2,1-2H3. The van der Waals surface area contributed by atoms with Gasteiger partial charge in [-0.2, -0.15) is 5.26 Å². The molecule has 0 spiro atoms. The van der Waals surface area contributed by atoms with Gasteiger partial charge in [0.15, 0.2) is 0 Å². The zero-order valence-electron chi connectivity index (χ0n) is 10.6. The van der Waals surface area contributed by atoms with Gasteiger partial charge in [-0.3, -0.25) is 0 Å². The predicted molar refractivity (Wildman–Crippen MR) is 68.8 cm³/mol. The van der Waals surface area contributed by atoms with E-state index in [0.717, 1.165) is 11.6 Å². The second-order valence-corrected chi connectivity index (χ2v) is 4.95. The molecular formula is C14H19N3. The molecule has 2 rings (SSSR count). The molecule has 0 N–H and O–H groups in total. The van der Waals surface area contributed by atoms with Crippen LogP contribution in [0.2, 0.25) is 0 Å². The molecule has 1 aromatic rings. The Morgan fingerprint density at radius 3 is 2.88 bits per heavy atom. The molecule has 0 aromatic carbocycles. The van der Waals surface area contributed by atoms with Crippen LogP contribution in [-0.2, 0) is 0 Å². The van der Waals surface area contributed by atoms with Crippen molar-refractivity contribution in [3.8, 4) is 6.07 Å². The lowest BCUT2D eigenvalue weighted by Crippen LogP contribution is -2.39. The molecule has 3 nitrogen and oxygen atoms in total. The van der Waals surface area contributed by atoms with Crippen LogP contribution >= 0.6 is 0 Å². The number of hydrogen-bond donors (Lipinski definition) is 0. The van der Waals surface area contributed by atoms with Gasteiger partial charge in [0.05, 0.1) is 0 Å². The Labute approximate surface area is 103 Å². The summed E-state index contributed by atoms with van der Waals surface area (Å²) in [5.74, 6) is 0.729. The van der Waals surface area contributed by atoms with E-state index >= 15 is 0 Å². The van der Waals surface area contributed by atoms with Crippen LogP contribution in [0.3, 0.4) is 0 Å². The van der Waals surface area contributed by atoms with Crippen molar-refractivity contribution in [3.63, 3.8) is 0 Å². The van der Waals surface area contributed by atoms with Gasteiger partial charge >= 0.3 is 0 Å². The fourth-order valence-electron chi connectivity index (χ4n) is 2.76. The van der Waals surface area contributed by atoms with Gasteiger partial charge in [0.25, 0.3) is 0 Å². The Balaban J connectivity index is 2.18. The third kappa shape index (κ3) is 2.58. The third-order valence-electron chi connectivity index (χ3n) is 3.83. The monoisotopic (exact) mass is 229 g/mol. The smallest absolute Gasteiger partial charge is 0.142 e. The minimum atomic E-state index is 0.498. The molecule has 1 aromatic heterocycles. The highest BCUT2D eigenvalue weighted by atomic mass is 15.1. The molecule has 0 radical (unpaired) electrons. The van der Waals surface area contributed by atoms with E-state index in [1.807, 2.05) is 12.1 Å². The second-order valence-electron chi connectivity index (χ2n) is 4.95. The molecule has 3 heteroatoms. The Morgan fingerprint density at radius 2 is 2.18 bits per heavy atom. The number of pyridine rings is 1. The van der Waals surface area contributed by atoms with E-state index in [2.05, 4.69) is 29.9 Å². The summed E-state index contributed by atoms with van der Waals surface area (Å²) in [5.41, 5.74) is 1.60. The molecule has 0 bridgehead atoms. The Kier molecular flexibility index (Phi) is 3.63. The van der Waals surface area contributed by atoms with Crippen LogP contribution in [-0.4, -0.2) is 18.1 Å². The number of nitrogens with zero attached hydrogens (tertiary/aromatic N) is 3. The molecule has 90 valence electrons. The highest BCUT2D eigenvalue weighted by Gasteiger charge is 2.25. The van der Waals surface area contributed by atoms with Crippen molar-refractivity contribution in [1.82, 2.24) is 4.98 Å². The van der Waals surface area contributed by atoms with Crippen molar-refractivity contribution >= 4 is 5.69 Å². The molecule has 1 aliphatic rings. The lowest BCUT2D eigenvalue weighted by Gasteiger charge is -2.37. The first-order chi connectivity index (χ1) is 8.22. The quantitative estimate of drug-likeness (QED) is 0.782. The summed E-state index contributed by atoms with van der Waals surface area (Å²) in [4.78, 5) is 6.33. The largest absolute Gasteiger partial charge is 0.371 e. The summed E-state index contributed by atoms with van der Waals surface area (Å²) in [6.07, 6.45) is 6.95. The van der Waals surface area contributed by atoms with E-state index in [0.29, 0.717) is 11.7 Å². The molecule has 2 unspecified atom stereocenters. The maximum absolute atomic E-state index is 8.88. The third-order valence-corrected chi connectivity index (χ3v) is 3.83. The number of aromatic nitrogens is 1. The molecule has 17 heavy (non-hydrogen) atoms. The molecule has 1 heterocycles. The first-order valence-electron chi connectivity index (χ1n) is 6.31. The van der Waals surface area contributed by atoms with Gasteiger partial charge in [0, 0.05) is 25.0 Å². The van der Waals surface area contributed by atoms with E-state index in [-0.39, 0.29) is 0 Å². The summed E-state index contributed by atoms with van der Waals surface area (Å²) >= 11 is 0. The first kappa shape index (κ1) is 11.9. The van der Waals surface area contributed by atoms with Crippen LogP contribution in [0.5, 0.6) is 0 Å². The minimum absolute atomic E-state index is 0.498. The highest BCUT2D eigenvalue weighted by Crippen LogP contribution is 2.30. The van der Waals surface area contributed by atoms with Crippen molar-refractivity contribution < 1.29 is 0 Å². The SMILES string of the molecule is CC1CCCCC1N(C)c1ccnc(C#N)c1. The van der Waals surface area contributed by atoms with Crippen molar-refractivity contribution in [2.24, 2.45) is 5.92 Å². The minimum Gasteiger partial charge on any atom is -0.371 e. The first-order valence-corrected chi connectivity index (χ1v) is 6.31. The van der Waals surface area contributed by atoms with Crippen molar-refractivity contribution in [3.05, 3.63) is 24.0 Å². The summed E-state index contributed by atoms with van der Waals surface area (Å²) < 4.78 is 0. The molecule has 1 saturated carbocycles. The molecule has 2 atom stereocenters. The summed E-state index contributed by atoms with van der Waals surface area (Å²) in [5, 5.41) is 8.88.